The van der Waals surface area contributed by atoms with Crippen LogP contribution in [0.25, 0.3) is 10.9 Å². The van der Waals surface area contributed by atoms with E-state index < -0.39 is 0 Å². The quantitative estimate of drug-likeness (QED) is 0.458. The van der Waals surface area contributed by atoms with E-state index in [-0.39, 0.29) is 0 Å². The molecule has 32 heavy (non-hydrogen) atoms. The van der Waals surface area contributed by atoms with Crippen molar-refractivity contribution in [3.63, 3.8) is 0 Å². The maximum Gasteiger partial charge on any atom is 0.226 e. The van der Waals surface area contributed by atoms with Crippen molar-refractivity contribution in [1.82, 2.24) is 25.1 Å². The minimum Gasteiger partial charge on any atom is -0.438 e. The first-order valence-electron chi connectivity index (χ1n) is 11.1. The molecule has 0 spiro atoms. The molecule has 7 nitrogen and oxygen atoms in total. The maximum absolute atomic E-state index is 6.07. The van der Waals surface area contributed by atoms with Gasteiger partial charge < -0.3 is 10.1 Å². The van der Waals surface area contributed by atoms with Crippen LogP contribution in [0.2, 0.25) is 0 Å². The van der Waals surface area contributed by atoms with E-state index in [1.165, 1.54) is 11.1 Å². The first kappa shape index (κ1) is 20.5. The number of nitrogens with zero attached hydrogens (tertiary/aromatic N) is 4. The molecule has 1 aliphatic rings. The third-order valence-corrected chi connectivity index (χ3v) is 6.09. The summed E-state index contributed by atoms with van der Waals surface area (Å²) in [6, 6.07) is 16.5. The lowest BCUT2D eigenvalue weighted by molar-refractivity contribution is 0.209. The first-order valence-corrected chi connectivity index (χ1v) is 11.1. The average Bonchev–Trinajstić information content (AvgIpc) is 3.21. The minimum absolute atomic E-state index is 0.347. The third kappa shape index (κ3) is 4.43. The Morgan fingerprint density at radius 3 is 2.62 bits per heavy atom. The van der Waals surface area contributed by atoms with Gasteiger partial charge in [-0.1, -0.05) is 36.4 Å². The lowest BCUT2D eigenvalue weighted by Crippen LogP contribution is -2.39. The van der Waals surface area contributed by atoms with Crippen LogP contribution in [-0.2, 0) is 6.54 Å². The van der Waals surface area contributed by atoms with Crippen molar-refractivity contribution >= 4 is 16.9 Å². The number of nitrogens with one attached hydrogen (secondary N) is 2. The van der Waals surface area contributed by atoms with Crippen molar-refractivity contribution < 1.29 is 4.74 Å². The molecule has 5 rings (SSSR count). The number of benzene rings is 2. The Bertz CT molecular complexity index is 1190. The number of anilines is 1. The number of ether oxygens (including phenoxy) is 1. The van der Waals surface area contributed by atoms with Crippen LogP contribution >= 0.6 is 0 Å². The molecule has 0 radical (unpaired) electrons. The summed E-state index contributed by atoms with van der Waals surface area (Å²) in [5.41, 5.74) is 4.40. The monoisotopic (exact) mass is 428 g/mol. The van der Waals surface area contributed by atoms with Crippen LogP contribution in [0.3, 0.4) is 0 Å². The number of fused-ring (bicyclic) bond motifs is 1. The number of aryl methyl sites for hydroxylation is 2. The zero-order chi connectivity index (χ0) is 21.9. The predicted octanol–water partition coefficient (Wildman–Crippen LogP) is 4.84. The van der Waals surface area contributed by atoms with Gasteiger partial charge >= 0.3 is 0 Å². The average molecular weight is 429 g/mol. The van der Waals surface area contributed by atoms with Crippen molar-refractivity contribution in [3.05, 3.63) is 71.5 Å². The van der Waals surface area contributed by atoms with E-state index in [2.05, 4.69) is 42.5 Å². The summed E-state index contributed by atoms with van der Waals surface area (Å²) < 4.78 is 6.07. The molecule has 4 aromatic rings. The van der Waals surface area contributed by atoms with E-state index in [1.807, 2.05) is 44.2 Å². The normalized spacial score (nSPS) is 15.2. The van der Waals surface area contributed by atoms with Gasteiger partial charge in [-0.05, 0) is 43.9 Å². The molecule has 7 heteroatoms. The zero-order valence-electron chi connectivity index (χ0n) is 18.5. The molecule has 0 unspecified atom stereocenters. The highest BCUT2D eigenvalue weighted by molar-refractivity contribution is 5.81. The summed E-state index contributed by atoms with van der Waals surface area (Å²) in [6.45, 7) is 7.02. The van der Waals surface area contributed by atoms with E-state index >= 15 is 0 Å². The predicted molar refractivity (Wildman–Crippen MR) is 126 cm³/mol. The first-order chi connectivity index (χ1) is 15.7. The second-order valence-corrected chi connectivity index (χ2v) is 8.46. The van der Waals surface area contributed by atoms with E-state index in [1.54, 1.807) is 12.3 Å². The molecule has 2 aromatic heterocycles. The SMILES string of the molecule is Cc1cccc(C)c1Oc1ccnc(NC2CCN(Cc3[nH]nc4ccccc34)CC2)n1. The van der Waals surface area contributed by atoms with E-state index in [9.17, 15) is 0 Å². The molecule has 0 aliphatic carbocycles. The van der Waals surface area contributed by atoms with E-state index in [0.29, 0.717) is 17.9 Å². The largest absolute Gasteiger partial charge is 0.438 e. The Morgan fingerprint density at radius 2 is 1.81 bits per heavy atom. The summed E-state index contributed by atoms with van der Waals surface area (Å²) >= 11 is 0. The summed E-state index contributed by atoms with van der Waals surface area (Å²) in [7, 11) is 0. The van der Waals surface area contributed by atoms with Crippen molar-refractivity contribution in [3.8, 4) is 11.6 Å². The molecular formula is C25H28N6O. The van der Waals surface area contributed by atoms with Gasteiger partial charge in [0.05, 0.1) is 11.2 Å². The topological polar surface area (TPSA) is 79.0 Å². The minimum atomic E-state index is 0.347. The summed E-state index contributed by atoms with van der Waals surface area (Å²) in [6.07, 6.45) is 3.82. The highest BCUT2D eigenvalue weighted by atomic mass is 16.5. The highest BCUT2D eigenvalue weighted by Gasteiger charge is 2.21. The molecule has 0 bridgehead atoms. The Labute approximate surface area is 187 Å². The number of piperidine rings is 1. The highest BCUT2D eigenvalue weighted by Crippen LogP contribution is 2.28. The van der Waals surface area contributed by atoms with Gasteiger partial charge in [0.2, 0.25) is 11.8 Å². The second kappa shape index (κ2) is 8.96. The number of para-hydroxylation sites is 2. The smallest absolute Gasteiger partial charge is 0.226 e. The lowest BCUT2D eigenvalue weighted by atomic mass is 10.0. The third-order valence-electron chi connectivity index (χ3n) is 6.09. The van der Waals surface area contributed by atoms with Gasteiger partial charge in [-0.2, -0.15) is 10.1 Å². The van der Waals surface area contributed by atoms with Crippen molar-refractivity contribution in [1.29, 1.82) is 0 Å². The number of likely N-dealkylation sites (tertiary alicyclic amines) is 1. The van der Waals surface area contributed by atoms with Crippen LogP contribution < -0.4 is 10.1 Å². The van der Waals surface area contributed by atoms with Crippen molar-refractivity contribution in [2.24, 2.45) is 0 Å². The van der Waals surface area contributed by atoms with Crippen LogP contribution in [0.15, 0.2) is 54.7 Å². The molecule has 1 fully saturated rings. The molecule has 2 N–H and O–H groups in total. The van der Waals surface area contributed by atoms with Gasteiger partial charge in [0.25, 0.3) is 0 Å². The van der Waals surface area contributed by atoms with Crippen LogP contribution in [-0.4, -0.2) is 44.2 Å². The molecular weight excluding hydrogens is 400 g/mol. The molecule has 164 valence electrons. The van der Waals surface area contributed by atoms with Gasteiger partial charge in [-0.3, -0.25) is 10.00 Å². The van der Waals surface area contributed by atoms with Gasteiger partial charge in [0, 0.05) is 43.3 Å². The molecule has 0 amide bonds. The number of hydrogen-bond acceptors (Lipinski definition) is 6. The van der Waals surface area contributed by atoms with Crippen LogP contribution in [0.1, 0.15) is 29.7 Å². The van der Waals surface area contributed by atoms with Gasteiger partial charge in [0.1, 0.15) is 5.75 Å². The molecule has 0 saturated carbocycles. The van der Waals surface area contributed by atoms with E-state index in [0.717, 1.165) is 54.9 Å². The van der Waals surface area contributed by atoms with Crippen molar-refractivity contribution in [2.75, 3.05) is 18.4 Å². The zero-order valence-corrected chi connectivity index (χ0v) is 18.5. The van der Waals surface area contributed by atoms with Crippen LogP contribution in [0.4, 0.5) is 5.95 Å². The summed E-state index contributed by atoms with van der Waals surface area (Å²) in [5, 5.41) is 12.3. The summed E-state index contributed by atoms with van der Waals surface area (Å²) in [5.74, 6) is 2.03. The van der Waals surface area contributed by atoms with Gasteiger partial charge in [-0.25, -0.2) is 4.98 Å². The summed E-state index contributed by atoms with van der Waals surface area (Å²) in [4.78, 5) is 11.5. The molecule has 1 saturated heterocycles. The Morgan fingerprint density at radius 1 is 1.03 bits per heavy atom. The van der Waals surface area contributed by atoms with Crippen molar-refractivity contribution in [2.45, 2.75) is 39.3 Å². The number of hydrogen-bond donors (Lipinski definition) is 2. The molecule has 3 heterocycles. The number of aromatic amines is 1. The number of aromatic nitrogens is 4. The Kier molecular flexibility index (Phi) is 5.73. The van der Waals surface area contributed by atoms with Crippen LogP contribution in [0.5, 0.6) is 11.6 Å². The fourth-order valence-corrected chi connectivity index (χ4v) is 4.31. The number of H-pyrrole nitrogens is 1. The lowest BCUT2D eigenvalue weighted by Gasteiger charge is -2.32. The van der Waals surface area contributed by atoms with Crippen LogP contribution in [0, 0.1) is 13.8 Å². The van der Waals surface area contributed by atoms with Gasteiger partial charge in [-0.15, -0.1) is 0 Å². The fourth-order valence-electron chi connectivity index (χ4n) is 4.31. The molecule has 0 atom stereocenters. The standard InChI is InChI=1S/C25H28N6O/c1-17-6-5-7-18(2)24(17)32-23-10-13-26-25(28-23)27-19-11-14-31(15-12-19)16-22-20-8-3-4-9-21(20)29-30-22/h3-10,13,19H,11-12,14-16H2,1-2H3,(H,29,30)(H,26,27,28). The molecule has 2 aromatic carbocycles. The van der Waals surface area contributed by atoms with Gasteiger partial charge in [0.15, 0.2) is 0 Å². The Hall–Kier alpha value is -3.45. The number of rotatable bonds is 6. The Balaban J connectivity index is 1.18. The van der Waals surface area contributed by atoms with E-state index in [4.69, 9.17) is 4.74 Å². The molecule has 1 aliphatic heterocycles. The second-order valence-electron chi connectivity index (χ2n) is 8.46. The maximum atomic E-state index is 6.07. The fraction of sp³-hybridized carbons (Fsp3) is 0.320.